The summed E-state index contributed by atoms with van der Waals surface area (Å²) >= 11 is 0. The number of nitrogens with one attached hydrogen (secondary N) is 2. The molecule has 0 radical (unpaired) electrons. The lowest BCUT2D eigenvalue weighted by Crippen LogP contribution is -2.51. The number of piperidine rings is 1. The molecule has 7 nitrogen and oxygen atoms in total. The van der Waals surface area contributed by atoms with Crippen molar-refractivity contribution in [2.45, 2.75) is 78.2 Å². The fourth-order valence-electron chi connectivity index (χ4n) is 3.11. The Bertz CT molecular complexity index is 674. The maximum absolute atomic E-state index is 12.3. The largest absolute Gasteiger partial charge is 0.471 e. The van der Waals surface area contributed by atoms with Crippen LogP contribution in [0, 0.1) is 0 Å². The zero-order valence-corrected chi connectivity index (χ0v) is 18.5. The van der Waals surface area contributed by atoms with Crippen LogP contribution in [0.5, 0.6) is 5.75 Å². The molecule has 2 N–H and O–H groups in total. The summed E-state index contributed by atoms with van der Waals surface area (Å²) in [5.74, 6) is 1.18. The molecule has 1 fully saturated rings. The molecule has 29 heavy (non-hydrogen) atoms. The predicted octanol–water partition coefficient (Wildman–Crippen LogP) is 4.23. The van der Waals surface area contributed by atoms with Crippen LogP contribution in [0.4, 0.5) is 9.59 Å². The summed E-state index contributed by atoms with van der Waals surface area (Å²) < 4.78 is 11.2. The highest BCUT2D eigenvalue weighted by Crippen LogP contribution is 2.19. The molecule has 1 aromatic rings. The third-order valence-corrected chi connectivity index (χ3v) is 4.68. The van der Waals surface area contributed by atoms with Crippen molar-refractivity contribution in [2.75, 3.05) is 13.1 Å². The minimum atomic E-state index is -0.503. The van der Waals surface area contributed by atoms with Gasteiger partial charge in [-0.1, -0.05) is 26.0 Å². The Hall–Kier alpha value is -2.44. The second-order valence-electron chi connectivity index (χ2n) is 8.84. The summed E-state index contributed by atoms with van der Waals surface area (Å²) in [5.41, 5.74) is 0.741. The summed E-state index contributed by atoms with van der Waals surface area (Å²) in [6, 6.07) is 7.64. The van der Waals surface area contributed by atoms with Crippen LogP contribution in [-0.2, 0) is 4.74 Å². The van der Waals surface area contributed by atoms with Crippen molar-refractivity contribution in [3.05, 3.63) is 29.8 Å². The van der Waals surface area contributed by atoms with Gasteiger partial charge in [-0.05, 0) is 64.2 Å². The molecule has 0 aromatic heterocycles. The Morgan fingerprint density at radius 1 is 1.07 bits per heavy atom. The lowest BCUT2D eigenvalue weighted by atomic mass is 10.0. The van der Waals surface area contributed by atoms with Crippen LogP contribution in [-0.4, -0.2) is 48.0 Å². The molecule has 1 heterocycles. The van der Waals surface area contributed by atoms with E-state index in [1.807, 2.05) is 45.0 Å². The van der Waals surface area contributed by atoms with Crippen molar-refractivity contribution in [1.82, 2.24) is 15.5 Å². The third kappa shape index (κ3) is 7.83. The van der Waals surface area contributed by atoms with Crippen molar-refractivity contribution in [3.63, 3.8) is 0 Å². The smallest absolute Gasteiger partial charge is 0.410 e. The van der Waals surface area contributed by atoms with Crippen LogP contribution in [0.1, 0.15) is 65.9 Å². The number of hydrogen-bond acceptors (Lipinski definition) is 4. The van der Waals surface area contributed by atoms with Gasteiger partial charge in [-0.15, -0.1) is 0 Å². The second-order valence-corrected chi connectivity index (χ2v) is 8.84. The zero-order valence-electron chi connectivity index (χ0n) is 18.5. The molecule has 1 aliphatic rings. The van der Waals surface area contributed by atoms with Crippen molar-refractivity contribution < 1.29 is 19.1 Å². The van der Waals surface area contributed by atoms with E-state index in [1.54, 1.807) is 11.8 Å². The van der Waals surface area contributed by atoms with E-state index in [-0.39, 0.29) is 18.2 Å². The van der Waals surface area contributed by atoms with Crippen LogP contribution < -0.4 is 15.4 Å². The Morgan fingerprint density at radius 3 is 2.17 bits per heavy atom. The van der Waals surface area contributed by atoms with Crippen molar-refractivity contribution >= 4 is 12.1 Å². The van der Waals surface area contributed by atoms with Crippen LogP contribution >= 0.6 is 0 Å². The molecule has 2 rings (SSSR count). The van der Waals surface area contributed by atoms with Crippen LogP contribution in [0.15, 0.2) is 24.3 Å². The Morgan fingerprint density at radius 2 is 1.66 bits per heavy atom. The highest BCUT2D eigenvalue weighted by Gasteiger charge is 2.27. The molecule has 1 aromatic carbocycles. The summed E-state index contributed by atoms with van der Waals surface area (Å²) in [7, 11) is 0. The maximum Gasteiger partial charge on any atom is 0.410 e. The molecule has 1 saturated heterocycles. The first-order valence-corrected chi connectivity index (χ1v) is 10.3. The number of carbonyl (C=O) groups excluding carboxylic acids is 2. The molecule has 0 aliphatic carbocycles. The molecule has 1 aliphatic heterocycles. The van der Waals surface area contributed by atoms with Crippen LogP contribution in [0.3, 0.4) is 0 Å². The van der Waals surface area contributed by atoms with Gasteiger partial charge in [-0.3, -0.25) is 0 Å². The summed E-state index contributed by atoms with van der Waals surface area (Å²) in [6.45, 7) is 12.8. The standard InChI is InChI=1S/C22H35N3O4/c1-15(2)17-7-9-19(10-8-17)28-16(3)23-20(26)24-18-11-13-25(14-12-18)21(27)29-22(4,5)6/h7-10,15-16,18H,11-14H2,1-6H3,(H2,23,24,26). The van der Waals surface area contributed by atoms with Gasteiger partial charge in [0.05, 0.1) is 0 Å². The van der Waals surface area contributed by atoms with Crippen molar-refractivity contribution in [1.29, 1.82) is 0 Å². The van der Waals surface area contributed by atoms with Gasteiger partial charge >= 0.3 is 12.1 Å². The topological polar surface area (TPSA) is 79.9 Å². The average Bonchev–Trinajstić information content (AvgIpc) is 2.61. The summed E-state index contributed by atoms with van der Waals surface area (Å²) in [6.07, 6.45) is 0.629. The number of nitrogens with zero attached hydrogens (tertiary/aromatic N) is 1. The van der Waals surface area contributed by atoms with E-state index in [1.165, 1.54) is 5.56 Å². The molecule has 3 amide bonds. The molecule has 0 bridgehead atoms. The number of ether oxygens (including phenoxy) is 2. The summed E-state index contributed by atoms with van der Waals surface area (Å²) in [5, 5.41) is 5.76. The average molecular weight is 406 g/mol. The van der Waals surface area contributed by atoms with Gasteiger partial charge in [0.15, 0.2) is 6.23 Å². The highest BCUT2D eigenvalue weighted by molar-refractivity contribution is 5.74. The van der Waals surface area contributed by atoms with Gasteiger partial charge in [0.1, 0.15) is 11.4 Å². The van der Waals surface area contributed by atoms with E-state index in [9.17, 15) is 9.59 Å². The first-order valence-electron chi connectivity index (χ1n) is 10.3. The van der Waals surface area contributed by atoms with E-state index in [2.05, 4.69) is 24.5 Å². The highest BCUT2D eigenvalue weighted by atomic mass is 16.6. The molecule has 0 spiro atoms. The number of carbonyl (C=O) groups is 2. The van der Waals surface area contributed by atoms with Gasteiger partial charge in [-0.25, -0.2) is 9.59 Å². The molecule has 0 saturated carbocycles. The molecule has 162 valence electrons. The number of urea groups is 1. The number of benzene rings is 1. The monoisotopic (exact) mass is 405 g/mol. The first-order chi connectivity index (χ1) is 13.5. The molecule has 1 atom stereocenters. The van der Waals surface area contributed by atoms with Crippen molar-refractivity contribution in [2.24, 2.45) is 0 Å². The molecular weight excluding hydrogens is 370 g/mol. The molecule has 1 unspecified atom stereocenters. The van der Waals surface area contributed by atoms with Crippen molar-refractivity contribution in [3.8, 4) is 5.75 Å². The lowest BCUT2D eigenvalue weighted by molar-refractivity contribution is 0.0201. The SMILES string of the molecule is CC(NC(=O)NC1CCN(C(=O)OC(C)(C)C)CC1)Oc1ccc(C(C)C)cc1. The number of rotatable bonds is 5. The fourth-order valence-corrected chi connectivity index (χ4v) is 3.11. The second kappa shape index (κ2) is 9.85. The zero-order chi connectivity index (χ0) is 21.6. The minimum absolute atomic E-state index is 0.0196. The summed E-state index contributed by atoms with van der Waals surface area (Å²) in [4.78, 5) is 26.0. The van der Waals surface area contributed by atoms with Gasteiger partial charge < -0.3 is 25.0 Å². The van der Waals surface area contributed by atoms with E-state index < -0.39 is 11.8 Å². The fraction of sp³-hybridized carbons (Fsp3) is 0.636. The quantitative estimate of drug-likeness (QED) is 0.719. The lowest BCUT2D eigenvalue weighted by Gasteiger charge is -2.33. The number of amides is 3. The number of likely N-dealkylation sites (tertiary alicyclic amines) is 1. The maximum atomic E-state index is 12.3. The van der Waals surface area contributed by atoms with Gasteiger partial charge in [0.2, 0.25) is 0 Å². The predicted molar refractivity (Wildman–Crippen MR) is 113 cm³/mol. The van der Waals surface area contributed by atoms with Crippen LogP contribution in [0.2, 0.25) is 0 Å². The third-order valence-electron chi connectivity index (χ3n) is 4.68. The van der Waals surface area contributed by atoms with E-state index in [0.29, 0.717) is 37.6 Å². The van der Waals surface area contributed by atoms with Gasteiger partial charge in [0, 0.05) is 19.1 Å². The van der Waals surface area contributed by atoms with Gasteiger partial charge in [-0.2, -0.15) is 0 Å². The van der Waals surface area contributed by atoms with Crippen LogP contribution in [0.25, 0.3) is 0 Å². The Kier molecular flexibility index (Phi) is 7.76. The first kappa shape index (κ1) is 22.8. The van der Waals surface area contributed by atoms with Gasteiger partial charge in [0.25, 0.3) is 0 Å². The van der Waals surface area contributed by atoms with E-state index >= 15 is 0 Å². The number of hydrogen-bond donors (Lipinski definition) is 2. The minimum Gasteiger partial charge on any atom is -0.471 e. The van der Waals surface area contributed by atoms with E-state index in [4.69, 9.17) is 9.47 Å². The Balaban J connectivity index is 1.72. The Labute approximate surface area is 174 Å². The normalized spacial score (nSPS) is 16.3. The van der Waals surface area contributed by atoms with E-state index in [0.717, 1.165) is 0 Å². The molecular formula is C22H35N3O4. The molecule has 7 heteroatoms.